The van der Waals surface area contributed by atoms with Gasteiger partial charge in [0.05, 0.1) is 12.2 Å². The molecule has 0 aliphatic rings. The summed E-state index contributed by atoms with van der Waals surface area (Å²) >= 11 is 2.17. The van der Waals surface area contributed by atoms with E-state index in [2.05, 4.69) is 27.9 Å². The molecule has 0 saturated heterocycles. The van der Waals surface area contributed by atoms with Gasteiger partial charge in [-0.2, -0.15) is 0 Å². The second kappa shape index (κ2) is 6.07. The first-order valence-electron chi connectivity index (χ1n) is 4.69. The molecule has 0 aliphatic carbocycles. The van der Waals surface area contributed by atoms with E-state index in [1.165, 1.54) is 0 Å². The van der Waals surface area contributed by atoms with Crippen LogP contribution in [0.2, 0.25) is 0 Å². The molecular formula is C11H14INO2. The van der Waals surface area contributed by atoms with E-state index < -0.39 is 0 Å². The Kier molecular flexibility index (Phi) is 5.04. The molecule has 1 aromatic rings. The minimum atomic E-state index is -0.0328. The third-order valence-electron chi connectivity index (χ3n) is 2.04. The Bertz CT molecular complexity index is 332. The van der Waals surface area contributed by atoms with Crippen LogP contribution in [0.1, 0.15) is 15.9 Å². The van der Waals surface area contributed by atoms with Gasteiger partial charge in [-0.05, 0) is 41.1 Å². The van der Waals surface area contributed by atoms with E-state index in [-0.39, 0.29) is 5.91 Å². The van der Waals surface area contributed by atoms with Crippen LogP contribution in [0.25, 0.3) is 0 Å². The predicted octanol–water partition coefficient (Wildman–Crippen LogP) is 1.98. The van der Waals surface area contributed by atoms with Gasteiger partial charge < -0.3 is 10.1 Å². The number of carbonyl (C=O) groups excluding carboxylic acids is 1. The number of aryl methyl sites for hydroxylation is 1. The highest BCUT2D eigenvalue weighted by Crippen LogP contribution is 2.15. The molecule has 0 bridgehead atoms. The van der Waals surface area contributed by atoms with Gasteiger partial charge in [-0.15, -0.1) is 0 Å². The van der Waals surface area contributed by atoms with Crippen LogP contribution in [0.5, 0.6) is 0 Å². The highest BCUT2D eigenvalue weighted by molar-refractivity contribution is 14.1. The zero-order valence-electron chi connectivity index (χ0n) is 8.84. The Morgan fingerprint density at radius 3 is 2.87 bits per heavy atom. The molecule has 0 radical (unpaired) electrons. The van der Waals surface area contributed by atoms with E-state index in [1.807, 2.05) is 25.1 Å². The van der Waals surface area contributed by atoms with Crippen LogP contribution < -0.4 is 5.32 Å². The smallest absolute Gasteiger partial charge is 0.252 e. The summed E-state index contributed by atoms with van der Waals surface area (Å²) in [5.41, 5.74) is 1.76. The Morgan fingerprint density at radius 2 is 2.27 bits per heavy atom. The number of nitrogens with one attached hydrogen (secondary N) is 1. The fourth-order valence-electron chi connectivity index (χ4n) is 1.27. The van der Waals surface area contributed by atoms with Crippen molar-refractivity contribution in [2.24, 2.45) is 0 Å². The lowest BCUT2D eigenvalue weighted by Crippen LogP contribution is -2.28. The van der Waals surface area contributed by atoms with Crippen LogP contribution in [0.15, 0.2) is 18.2 Å². The van der Waals surface area contributed by atoms with Gasteiger partial charge in [0.2, 0.25) is 0 Å². The van der Waals surface area contributed by atoms with Crippen LogP contribution in [0, 0.1) is 10.5 Å². The van der Waals surface area contributed by atoms with E-state index in [0.29, 0.717) is 13.2 Å². The van der Waals surface area contributed by atoms with Crippen molar-refractivity contribution in [3.05, 3.63) is 32.9 Å². The van der Waals surface area contributed by atoms with E-state index in [9.17, 15) is 4.79 Å². The normalized spacial score (nSPS) is 10.1. The molecule has 0 unspecified atom stereocenters. The average Bonchev–Trinajstić information content (AvgIpc) is 2.18. The Hall–Kier alpha value is -0.620. The molecule has 82 valence electrons. The fraction of sp³-hybridized carbons (Fsp3) is 0.364. The maximum atomic E-state index is 11.8. The number of hydrogen-bond acceptors (Lipinski definition) is 2. The highest BCUT2D eigenvalue weighted by Gasteiger charge is 2.11. The predicted molar refractivity (Wildman–Crippen MR) is 68.1 cm³/mol. The molecule has 1 aromatic carbocycles. The van der Waals surface area contributed by atoms with Crippen molar-refractivity contribution >= 4 is 28.5 Å². The molecule has 1 N–H and O–H groups in total. The van der Waals surface area contributed by atoms with Crippen LogP contribution in [-0.2, 0) is 4.74 Å². The van der Waals surface area contributed by atoms with E-state index in [1.54, 1.807) is 7.11 Å². The maximum Gasteiger partial charge on any atom is 0.252 e. The Labute approximate surface area is 103 Å². The van der Waals surface area contributed by atoms with Crippen LogP contribution in [-0.4, -0.2) is 26.2 Å². The summed E-state index contributed by atoms with van der Waals surface area (Å²) in [6, 6.07) is 5.81. The zero-order chi connectivity index (χ0) is 11.3. The molecule has 0 saturated carbocycles. The monoisotopic (exact) mass is 319 g/mol. The van der Waals surface area contributed by atoms with Crippen molar-refractivity contribution in [3.63, 3.8) is 0 Å². The molecule has 1 amide bonds. The molecule has 0 atom stereocenters. The van der Waals surface area contributed by atoms with Gasteiger partial charge >= 0.3 is 0 Å². The number of methoxy groups -OCH3 is 1. The molecule has 3 nitrogen and oxygen atoms in total. The van der Waals surface area contributed by atoms with Gasteiger partial charge in [0.25, 0.3) is 5.91 Å². The number of hydrogen-bond donors (Lipinski definition) is 1. The van der Waals surface area contributed by atoms with Crippen molar-refractivity contribution in [2.45, 2.75) is 6.92 Å². The van der Waals surface area contributed by atoms with E-state index in [4.69, 9.17) is 4.74 Å². The van der Waals surface area contributed by atoms with Crippen LogP contribution >= 0.6 is 22.6 Å². The summed E-state index contributed by atoms with van der Waals surface area (Å²) in [5, 5.41) is 2.81. The second-order valence-electron chi connectivity index (χ2n) is 3.18. The summed E-state index contributed by atoms with van der Waals surface area (Å²) in [5.74, 6) is -0.0328. The van der Waals surface area contributed by atoms with Crippen LogP contribution in [0.4, 0.5) is 0 Å². The molecule has 0 heterocycles. The largest absolute Gasteiger partial charge is 0.383 e. The molecule has 1 rings (SSSR count). The van der Waals surface area contributed by atoms with Crippen LogP contribution in [0.3, 0.4) is 0 Å². The van der Waals surface area contributed by atoms with Crippen molar-refractivity contribution in [3.8, 4) is 0 Å². The number of benzene rings is 1. The Balaban J connectivity index is 2.73. The van der Waals surface area contributed by atoms with Gasteiger partial charge in [0.15, 0.2) is 0 Å². The minimum Gasteiger partial charge on any atom is -0.383 e. The standard InChI is InChI=1S/C11H14INO2/c1-8-4-3-5-9(12)10(8)11(14)13-6-7-15-2/h3-5H,6-7H2,1-2H3,(H,13,14). The molecular weight excluding hydrogens is 305 g/mol. The van der Waals surface area contributed by atoms with Crippen molar-refractivity contribution < 1.29 is 9.53 Å². The molecule has 0 aliphatic heterocycles. The zero-order valence-corrected chi connectivity index (χ0v) is 11.0. The van der Waals surface area contributed by atoms with Crippen molar-refractivity contribution in [1.29, 1.82) is 0 Å². The summed E-state index contributed by atoms with van der Waals surface area (Å²) in [6.07, 6.45) is 0. The summed E-state index contributed by atoms with van der Waals surface area (Å²) in [6.45, 7) is 3.02. The summed E-state index contributed by atoms with van der Waals surface area (Å²) < 4.78 is 5.85. The van der Waals surface area contributed by atoms with E-state index >= 15 is 0 Å². The van der Waals surface area contributed by atoms with Gasteiger partial charge in [0.1, 0.15) is 0 Å². The van der Waals surface area contributed by atoms with Gasteiger partial charge in [-0.3, -0.25) is 4.79 Å². The highest BCUT2D eigenvalue weighted by atomic mass is 127. The SMILES string of the molecule is COCCNC(=O)c1c(C)cccc1I. The van der Waals surface area contributed by atoms with Gasteiger partial charge in [0, 0.05) is 17.2 Å². The fourth-order valence-corrected chi connectivity index (χ4v) is 2.15. The number of carbonyl (C=O) groups is 1. The molecule has 0 aromatic heterocycles. The molecule has 0 spiro atoms. The lowest BCUT2D eigenvalue weighted by atomic mass is 10.1. The van der Waals surface area contributed by atoms with E-state index in [0.717, 1.165) is 14.7 Å². The molecule has 15 heavy (non-hydrogen) atoms. The third-order valence-corrected chi connectivity index (χ3v) is 2.94. The number of rotatable bonds is 4. The first-order chi connectivity index (χ1) is 7.16. The summed E-state index contributed by atoms with van der Waals surface area (Å²) in [7, 11) is 1.61. The van der Waals surface area contributed by atoms with Crippen molar-refractivity contribution in [2.75, 3.05) is 20.3 Å². The maximum absolute atomic E-state index is 11.8. The quantitative estimate of drug-likeness (QED) is 0.681. The number of halogens is 1. The van der Waals surface area contributed by atoms with Gasteiger partial charge in [-0.1, -0.05) is 12.1 Å². The topological polar surface area (TPSA) is 38.3 Å². The third kappa shape index (κ3) is 3.46. The molecule has 4 heteroatoms. The Morgan fingerprint density at radius 1 is 1.53 bits per heavy atom. The summed E-state index contributed by atoms with van der Waals surface area (Å²) in [4.78, 5) is 11.8. The molecule has 0 fully saturated rings. The lowest BCUT2D eigenvalue weighted by molar-refractivity contribution is 0.0935. The number of ether oxygens (including phenoxy) is 1. The first kappa shape index (κ1) is 12.4. The average molecular weight is 319 g/mol. The van der Waals surface area contributed by atoms with Crippen molar-refractivity contribution in [1.82, 2.24) is 5.32 Å². The second-order valence-corrected chi connectivity index (χ2v) is 4.34. The minimum absolute atomic E-state index is 0.0328. The number of amides is 1. The van der Waals surface area contributed by atoms with Gasteiger partial charge in [-0.25, -0.2) is 0 Å². The lowest BCUT2D eigenvalue weighted by Gasteiger charge is -2.08. The first-order valence-corrected chi connectivity index (χ1v) is 5.77.